The number of carbonyl (C=O) groups excluding carboxylic acids is 7. The van der Waals surface area contributed by atoms with Crippen molar-refractivity contribution in [2.75, 3.05) is 0 Å². The van der Waals surface area contributed by atoms with E-state index in [-0.39, 0.29) is 23.1 Å². The molecule has 13 nitrogen and oxygen atoms in total. The van der Waals surface area contributed by atoms with Crippen molar-refractivity contribution < 1.29 is 62.8 Å². The van der Waals surface area contributed by atoms with Crippen LogP contribution in [0, 0.1) is 0 Å². The summed E-state index contributed by atoms with van der Waals surface area (Å²) in [6.45, 7) is 2.00. The van der Waals surface area contributed by atoms with Gasteiger partial charge in [-0.1, -0.05) is 97.1 Å². The molecule has 0 heterocycles. The third kappa shape index (κ3) is 11.2. The Labute approximate surface area is 377 Å². The molecular weight excluding hydrogens is 845 g/mol. The van der Waals surface area contributed by atoms with Gasteiger partial charge in [0.05, 0.1) is 0 Å². The predicted molar refractivity (Wildman–Crippen MR) is 245 cm³/mol. The molecule has 2 unspecified atom stereocenters. The molecule has 0 bridgehead atoms. The molecule has 6 aromatic carbocycles. The molecule has 0 spiro atoms. The van der Waals surface area contributed by atoms with Crippen LogP contribution in [-0.2, 0) is 65.5 Å². The van der Waals surface area contributed by atoms with Crippen molar-refractivity contribution in [2.45, 2.75) is 50.7 Å². The second kappa shape index (κ2) is 21.8. The summed E-state index contributed by atoms with van der Waals surface area (Å²) in [5.74, 6) is -5.95. The first-order valence-corrected chi connectivity index (χ1v) is 20.8. The lowest BCUT2D eigenvalue weighted by Crippen LogP contribution is -2.22. The largest absolute Gasteiger partial charge is 0.473 e. The van der Waals surface area contributed by atoms with Crippen LogP contribution in [-0.4, -0.2) is 64.0 Å². The van der Waals surface area contributed by atoms with Crippen LogP contribution in [0.2, 0.25) is 0 Å². The number of rotatable bonds is 2. The summed E-state index contributed by atoms with van der Waals surface area (Å²) in [6.07, 6.45) is 13.9. The van der Waals surface area contributed by atoms with Crippen LogP contribution in [0.15, 0.2) is 146 Å². The maximum absolute atomic E-state index is 11.4. The monoisotopic (exact) mass is 886 g/mol. The van der Waals surface area contributed by atoms with Gasteiger partial charge < -0.3 is 24.5 Å². The molecule has 0 saturated carbocycles. The van der Waals surface area contributed by atoms with Gasteiger partial charge in [0.15, 0.2) is 23.1 Å². The number of benzene rings is 6. The van der Waals surface area contributed by atoms with E-state index in [9.17, 15) is 38.4 Å². The van der Waals surface area contributed by atoms with Crippen molar-refractivity contribution >= 4 is 96.9 Å². The highest BCUT2D eigenvalue weighted by Gasteiger charge is 2.29. The zero-order valence-corrected chi connectivity index (χ0v) is 35.3. The van der Waals surface area contributed by atoms with E-state index in [2.05, 4.69) is 48.5 Å². The second-order valence-electron chi connectivity index (χ2n) is 15.2. The Morgan fingerprint density at radius 1 is 0.424 bits per heavy atom. The molecule has 0 radical (unpaired) electrons. The number of ether oxygens (including phenoxy) is 2. The maximum atomic E-state index is 11.4. The molecule has 6 aromatic rings. The maximum Gasteiger partial charge on any atom is 0.417 e. The van der Waals surface area contributed by atoms with Gasteiger partial charge in [-0.3, -0.25) is 19.2 Å². The zero-order valence-electron chi connectivity index (χ0n) is 35.3. The average molecular weight is 887 g/mol. The molecule has 2 N–H and O–H groups in total. The van der Waals surface area contributed by atoms with Crippen LogP contribution >= 0.6 is 0 Å². The topological polar surface area (TPSA) is 213 Å². The Kier molecular flexibility index (Phi) is 15.5. The number of aliphatic carboxylic acids is 2. The van der Waals surface area contributed by atoms with Crippen LogP contribution < -0.4 is 0 Å². The molecule has 0 fully saturated rings. The van der Waals surface area contributed by atoms with Crippen molar-refractivity contribution in [1.29, 1.82) is 0 Å². The highest BCUT2D eigenvalue weighted by atomic mass is 16.6. The van der Waals surface area contributed by atoms with E-state index in [1.54, 1.807) is 0 Å². The van der Waals surface area contributed by atoms with Gasteiger partial charge in [-0.2, -0.15) is 0 Å². The minimum Gasteiger partial charge on any atom is -0.473 e. The van der Waals surface area contributed by atoms with E-state index in [1.807, 2.05) is 55.3 Å². The van der Waals surface area contributed by atoms with E-state index in [0.29, 0.717) is 12.8 Å². The summed E-state index contributed by atoms with van der Waals surface area (Å²) in [7, 11) is 0. The summed E-state index contributed by atoms with van der Waals surface area (Å²) >= 11 is 0. The fourth-order valence-corrected chi connectivity index (χ4v) is 8.22. The number of carbonyl (C=O) groups is 9. The minimum atomic E-state index is -1.55. The first-order valence-electron chi connectivity index (χ1n) is 20.8. The van der Waals surface area contributed by atoms with Crippen molar-refractivity contribution in [3.63, 3.8) is 0 Å². The van der Waals surface area contributed by atoms with Crippen LogP contribution in [0.25, 0.3) is 43.1 Å². The smallest absolute Gasteiger partial charge is 0.417 e. The lowest BCUT2D eigenvalue weighted by molar-refractivity contribution is -0.168. The molecule has 4 aliphatic rings. The lowest BCUT2D eigenvalue weighted by Gasteiger charge is -2.26. The molecule has 10 rings (SSSR count). The van der Waals surface area contributed by atoms with E-state index in [1.165, 1.54) is 80.9 Å². The first kappa shape index (κ1) is 47.0. The number of carboxylic acid groups (broad SMARTS) is 2. The number of ketones is 4. The van der Waals surface area contributed by atoms with Crippen LogP contribution in [0.5, 0.6) is 0 Å². The summed E-state index contributed by atoms with van der Waals surface area (Å²) < 4.78 is 10.4. The van der Waals surface area contributed by atoms with Gasteiger partial charge in [0.25, 0.3) is 0 Å². The number of carboxylic acids is 2. The zero-order chi connectivity index (χ0) is 47.3. The Bertz CT molecular complexity index is 2780. The Morgan fingerprint density at radius 3 is 1.08 bits per heavy atom. The van der Waals surface area contributed by atoms with Crippen molar-refractivity contribution in [1.82, 2.24) is 0 Å². The number of esters is 2. The number of hydrogen-bond acceptors (Lipinski definition) is 11. The normalized spacial score (nSPS) is 16.5. The third-order valence-electron chi connectivity index (χ3n) is 11.1. The van der Waals surface area contributed by atoms with E-state index < -0.39 is 36.1 Å². The first-order chi connectivity index (χ1) is 31.9. The minimum absolute atomic E-state index is 0.121. The number of aryl methyl sites for hydroxylation is 2. The van der Waals surface area contributed by atoms with E-state index in [4.69, 9.17) is 24.5 Å². The Morgan fingerprint density at radius 2 is 0.742 bits per heavy atom. The highest BCUT2D eigenvalue weighted by Crippen LogP contribution is 2.40. The standard InChI is InChI=1S/2C20H16O4.2C6H4O2.CH2O/c2*21-19(22)20(23)24-18-7-3-6-14-16-9-8-12-4-1-2-5-13(12)15(16)10-11-17(14)18;2*7-5-1-2-6(8)4-3-5;1-2/h2*1-2,4-5,8-11,18H,3,6-7H2,(H,21,22);2*1-4H;1H2. The molecule has 0 saturated heterocycles. The molecule has 0 amide bonds. The molecular formula is C53H42O13. The highest BCUT2D eigenvalue weighted by molar-refractivity contribution is 6.29. The Hall–Kier alpha value is -8.45. The molecule has 0 aromatic heterocycles. The summed E-state index contributed by atoms with van der Waals surface area (Å²) in [5.41, 5.74) is 4.18. The van der Waals surface area contributed by atoms with E-state index >= 15 is 0 Å². The fraction of sp³-hybridized carbons (Fsp3) is 0.151. The van der Waals surface area contributed by atoms with Crippen molar-refractivity contribution in [3.8, 4) is 0 Å². The quantitative estimate of drug-likeness (QED) is 0.0726. The summed E-state index contributed by atoms with van der Waals surface area (Å²) in [4.78, 5) is 93.5. The van der Waals surface area contributed by atoms with Crippen molar-refractivity contribution in [2.24, 2.45) is 0 Å². The summed E-state index contributed by atoms with van der Waals surface area (Å²) in [5, 5.41) is 27.0. The average Bonchev–Trinajstić information content (AvgIpc) is 3.34. The van der Waals surface area contributed by atoms with Gasteiger partial charge in [-0.15, -0.1) is 0 Å². The van der Waals surface area contributed by atoms with Gasteiger partial charge in [-0.05, 0) is 152 Å². The van der Waals surface area contributed by atoms with Crippen LogP contribution in [0.1, 0.15) is 60.1 Å². The molecule has 2 atom stereocenters. The molecule has 0 aliphatic heterocycles. The van der Waals surface area contributed by atoms with Crippen LogP contribution in [0.3, 0.4) is 0 Å². The molecule has 4 aliphatic carbocycles. The second-order valence-corrected chi connectivity index (χ2v) is 15.2. The number of fused-ring (bicyclic) bond motifs is 10. The van der Waals surface area contributed by atoms with Gasteiger partial charge in [-0.25, -0.2) is 19.2 Å². The van der Waals surface area contributed by atoms with Crippen molar-refractivity contribution in [3.05, 3.63) is 168 Å². The lowest BCUT2D eigenvalue weighted by atomic mass is 9.85. The van der Waals surface area contributed by atoms with Gasteiger partial charge >= 0.3 is 23.9 Å². The van der Waals surface area contributed by atoms with Gasteiger partial charge in [0.1, 0.15) is 19.0 Å². The third-order valence-corrected chi connectivity index (χ3v) is 11.1. The fourth-order valence-electron chi connectivity index (χ4n) is 8.22. The molecule has 13 heteroatoms. The Balaban J connectivity index is 0.000000160. The summed E-state index contributed by atoms with van der Waals surface area (Å²) in [6, 6.07) is 32.9. The number of hydrogen-bond donors (Lipinski definition) is 2. The number of allylic oxidation sites excluding steroid dienone is 8. The van der Waals surface area contributed by atoms with Crippen LogP contribution in [0.4, 0.5) is 0 Å². The predicted octanol–water partition coefficient (Wildman–Crippen LogP) is 8.31. The molecule has 332 valence electrons. The van der Waals surface area contributed by atoms with Gasteiger partial charge in [0, 0.05) is 0 Å². The molecule has 66 heavy (non-hydrogen) atoms. The van der Waals surface area contributed by atoms with E-state index in [0.717, 1.165) is 58.7 Å². The SMILES string of the molecule is C=O.O=C(O)C(=O)OC1CCCc2c1ccc1c2ccc2ccccc21.O=C(O)C(=O)OC1CCCc2c1ccc1c2ccc2ccccc21.O=C1C=CC(=O)C=C1.O=C1C=CC(=O)C=C1. The van der Waals surface area contributed by atoms with Gasteiger partial charge in [0.2, 0.25) is 0 Å².